The minimum absolute atomic E-state index is 0.0592. The van der Waals surface area contributed by atoms with E-state index >= 15 is 0 Å². The smallest absolute Gasteiger partial charge is 0.123 e. The number of rotatable bonds is 4. The van der Waals surface area contributed by atoms with Gasteiger partial charge in [-0.05, 0) is 23.1 Å². The van der Waals surface area contributed by atoms with E-state index in [1.807, 2.05) is 24.3 Å². The van der Waals surface area contributed by atoms with E-state index in [4.69, 9.17) is 14.9 Å². The first-order chi connectivity index (χ1) is 9.02. The van der Waals surface area contributed by atoms with Crippen molar-refractivity contribution in [1.29, 1.82) is 0 Å². The molecule has 2 aromatic rings. The summed E-state index contributed by atoms with van der Waals surface area (Å²) in [5.41, 5.74) is 7.88. The molecule has 0 saturated carbocycles. The van der Waals surface area contributed by atoms with E-state index in [-0.39, 0.29) is 5.41 Å². The predicted molar refractivity (Wildman–Crippen MR) is 76.1 cm³/mol. The maximum atomic E-state index is 5.93. The van der Waals surface area contributed by atoms with E-state index in [1.165, 1.54) is 5.56 Å². The number of benzene rings is 1. The van der Waals surface area contributed by atoms with Gasteiger partial charge < -0.3 is 14.9 Å². The zero-order valence-corrected chi connectivity index (χ0v) is 11.8. The minimum Gasteiger partial charge on any atom is -0.488 e. The monoisotopic (exact) mass is 259 g/mol. The third kappa shape index (κ3) is 3.18. The summed E-state index contributed by atoms with van der Waals surface area (Å²) < 4.78 is 11.2. The standard InChI is InChI=1S/C16H21NO2/c1-16(2,3)13-6-4-5-7-14(13)19-11-12-8-9-18-15(12)10-17/h4-9H,10-11,17H2,1-3H3. The Hall–Kier alpha value is -1.74. The molecule has 0 amide bonds. The molecule has 0 bridgehead atoms. The molecular weight excluding hydrogens is 238 g/mol. The SMILES string of the molecule is CC(C)(C)c1ccccc1OCc1ccoc1CN. The summed E-state index contributed by atoms with van der Waals surface area (Å²) >= 11 is 0. The Kier molecular flexibility index (Phi) is 3.96. The second kappa shape index (κ2) is 5.49. The zero-order valence-electron chi connectivity index (χ0n) is 11.8. The Labute approximate surface area is 114 Å². The third-order valence-electron chi connectivity index (χ3n) is 3.10. The van der Waals surface area contributed by atoms with Gasteiger partial charge in [0.1, 0.15) is 18.1 Å². The van der Waals surface area contributed by atoms with E-state index in [9.17, 15) is 0 Å². The van der Waals surface area contributed by atoms with E-state index in [2.05, 4.69) is 26.8 Å². The normalized spacial score (nSPS) is 11.6. The van der Waals surface area contributed by atoms with Crippen LogP contribution in [-0.2, 0) is 18.6 Å². The van der Waals surface area contributed by atoms with Gasteiger partial charge in [-0.15, -0.1) is 0 Å². The van der Waals surface area contributed by atoms with Crippen LogP contribution in [0.2, 0.25) is 0 Å². The van der Waals surface area contributed by atoms with Crippen LogP contribution in [0.25, 0.3) is 0 Å². The first kappa shape index (κ1) is 13.7. The molecule has 102 valence electrons. The fourth-order valence-corrected chi connectivity index (χ4v) is 2.04. The van der Waals surface area contributed by atoms with Gasteiger partial charge in [-0.2, -0.15) is 0 Å². The summed E-state index contributed by atoms with van der Waals surface area (Å²) in [6, 6.07) is 10.0. The molecule has 0 aliphatic rings. The maximum Gasteiger partial charge on any atom is 0.123 e. The highest BCUT2D eigenvalue weighted by Gasteiger charge is 2.18. The van der Waals surface area contributed by atoms with Crippen LogP contribution < -0.4 is 10.5 Å². The van der Waals surface area contributed by atoms with Crippen LogP contribution in [0.1, 0.15) is 37.7 Å². The lowest BCUT2D eigenvalue weighted by Crippen LogP contribution is -2.13. The van der Waals surface area contributed by atoms with Gasteiger partial charge in [-0.1, -0.05) is 39.0 Å². The fraction of sp³-hybridized carbons (Fsp3) is 0.375. The van der Waals surface area contributed by atoms with Crippen LogP contribution in [0.4, 0.5) is 0 Å². The van der Waals surface area contributed by atoms with Gasteiger partial charge in [0.05, 0.1) is 12.8 Å². The maximum absolute atomic E-state index is 5.93. The van der Waals surface area contributed by atoms with Crippen LogP contribution in [-0.4, -0.2) is 0 Å². The molecule has 0 atom stereocenters. The fourth-order valence-electron chi connectivity index (χ4n) is 2.04. The molecule has 0 saturated heterocycles. The third-order valence-corrected chi connectivity index (χ3v) is 3.10. The van der Waals surface area contributed by atoms with Crippen molar-refractivity contribution >= 4 is 0 Å². The lowest BCUT2D eigenvalue weighted by Gasteiger charge is -2.22. The summed E-state index contributed by atoms with van der Waals surface area (Å²) in [7, 11) is 0. The Bertz CT molecular complexity index is 538. The van der Waals surface area contributed by atoms with Crippen molar-refractivity contribution in [2.45, 2.75) is 39.3 Å². The van der Waals surface area contributed by atoms with Crippen LogP contribution >= 0.6 is 0 Å². The van der Waals surface area contributed by atoms with Crippen molar-refractivity contribution in [2.75, 3.05) is 0 Å². The summed E-state index contributed by atoms with van der Waals surface area (Å²) in [5.74, 6) is 1.70. The van der Waals surface area contributed by atoms with Crippen LogP contribution in [0, 0.1) is 0 Å². The minimum atomic E-state index is 0.0592. The average molecular weight is 259 g/mol. The van der Waals surface area contributed by atoms with Crippen molar-refractivity contribution < 1.29 is 9.15 Å². The molecule has 0 aliphatic carbocycles. The molecule has 2 N–H and O–H groups in total. The second-order valence-electron chi connectivity index (χ2n) is 5.61. The van der Waals surface area contributed by atoms with Crippen molar-refractivity contribution in [3.05, 3.63) is 53.5 Å². The molecule has 0 unspecified atom stereocenters. The summed E-state index contributed by atoms with van der Waals surface area (Å²) in [6.07, 6.45) is 1.65. The highest BCUT2D eigenvalue weighted by atomic mass is 16.5. The quantitative estimate of drug-likeness (QED) is 0.912. The Morgan fingerprint density at radius 1 is 1.16 bits per heavy atom. The highest BCUT2D eigenvalue weighted by molar-refractivity contribution is 5.38. The largest absolute Gasteiger partial charge is 0.488 e. The Morgan fingerprint density at radius 2 is 1.89 bits per heavy atom. The molecule has 2 rings (SSSR count). The number of ether oxygens (including phenoxy) is 1. The molecule has 0 spiro atoms. The van der Waals surface area contributed by atoms with Gasteiger partial charge >= 0.3 is 0 Å². The highest BCUT2D eigenvalue weighted by Crippen LogP contribution is 2.31. The van der Waals surface area contributed by atoms with E-state index < -0.39 is 0 Å². The topological polar surface area (TPSA) is 48.4 Å². The summed E-state index contributed by atoms with van der Waals surface area (Å²) in [5, 5.41) is 0. The Morgan fingerprint density at radius 3 is 2.58 bits per heavy atom. The van der Waals surface area contributed by atoms with E-state index in [0.717, 1.165) is 17.1 Å². The van der Waals surface area contributed by atoms with E-state index in [0.29, 0.717) is 13.2 Å². The lowest BCUT2D eigenvalue weighted by atomic mass is 9.86. The molecule has 0 fully saturated rings. The lowest BCUT2D eigenvalue weighted by molar-refractivity contribution is 0.294. The van der Waals surface area contributed by atoms with Crippen LogP contribution in [0.5, 0.6) is 5.75 Å². The molecule has 1 aromatic heterocycles. The van der Waals surface area contributed by atoms with Gasteiger partial charge in [-0.25, -0.2) is 0 Å². The zero-order chi connectivity index (χ0) is 13.9. The first-order valence-electron chi connectivity index (χ1n) is 6.50. The molecule has 1 heterocycles. The van der Waals surface area contributed by atoms with Gasteiger partial charge in [-0.3, -0.25) is 0 Å². The number of nitrogens with two attached hydrogens (primary N) is 1. The summed E-state index contributed by atoms with van der Waals surface area (Å²) in [6.45, 7) is 7.41. The van der Waals surface area contributed by atoms with Gasteiger partial charge in [0, 0.05) is 5.56 Å². The van der Waals surface area contributed by atoms with Gasteiger partial charge in [0.15, 0.2) is 0 Å². The molecule has 3 heteroatoms. The molecular formula is C16H21NO2. The van der Waals surface area contributed by atoms with E-state index in [1.54, 1.807) is 6.26 Å². The average Bonchev–Trinajstić information content (AvgIpc) is 2.83. The summed E-state index contributed by atoms with van der Waals surface area (Å²) in [4.78, 5) is 0. The van der Waals surface area contributed by atoms with Crippen molar-refractivity contribution in [2.24, 2.45) is 5.73 Å². The molecule has 1 aromatic carbocycles. The Balaban J connectivity index is 2.16. The van der Waals surface area contributed by atoms with Crippen molar-refractivity contribution in [3.8, 4) is 5.75 Å². The molecule has 19 heavy (non-hydrogen) atoms. The van der Waals surface area contributed by atoms with Crippen LogP contribution in [0.15, 0.2) is 41.0 Å². The number of hydrogen-bond donors (Lipinski definition) is 1. The van der Waals surface area contributed by atoms with Crippen molar-refractivity contribution in [3.63, 3.8) is 0 Å². The van der Waals surface area contributed by atoms with Crippen molar-refractivity contribution in [1.82, 2.24) is 0 Å². The first-order valence-corrected chi connectivity index (χ1v) is 6.50. The number of hydrogen-bond acceptors (Lipinski definition) is 3. The van der Waals surface area contributed by atoms with Gasteiger partial charge in [0.2, 0.25) is 0 Å². The van der Waals surface area contributed by atoms with Gasteiger partial charge in [0.25, 0.3) is 0 Å². The molecule has 0 radical (unpaired) electrons. The second-order valence-corrected chi connectivity index (χ2v) is 5.61. The molecule has 0 aliphatic heterocycles. The number of para-hydroxylation sites is 1. The van der Waals surface area contributed by atoms with Crippen LogP contribution in [0.3, 0.4) is 0 Å². The number of furan rings is 1. The predicted octanol–water partition coefficient (Wildman–Crippen LogP) is 3.61. The molecule has 3 nitrogen and oxygen atoms in total.